The third-order valence-electron chi connectivity index (χ3n) is 2.67. The minimum Gasteiger partial charge on any atom is -0.339 e. The predicted octanol–water partition coefficient (Wildman–Crippen LogP) is 3.39. The van der Waals surface area contributed by atoms with Crippen molar-refractivity contribution in [3.63, 3.8) is 0 Å². The molecule has 0 saturated heterocycles. The Morgan fingerprint density at radius 1 is 1.40 bits per heavy atom. The van der Waals surface area contributed by atoms with Crippen molar-refractivity contribution in [2.45, 2.75) is 25.2 Å². The fraction of sp³-hybridized carbons (Fsp3) is 0.417. The predicted molar refractivity (Wildman–Crippen MR) is 79.0 cm³/mol. The Labute approximate surface area is 130 Å². The topological polar surface area (TPSA) is 54.5 Å². The van der Waals surface area contributed by atoms with E-state index in [0.717, 1.165) is 18.6 Å². The van der Waals surface area contributed by atoms with E-state index in [1.807, 2.05) is 6.92 Å². The molecule has 0 spiro atoms. The maximum Gasteiger partial charge on any atom is 0.262 e. The van der Waals surface area contributed by atoms with E-state index in [9.17, 15) is 17.6 Å². The maximum atomic E-state index is 13.7. The third-order valence-corrected chi connectivity index (χ3v) is 5.08. The van der Waals surface area contributed by atoms with Crippen LogP contribution in [0, 0.1) is 5.82 Å². The quantitative estimate of drug-likeness (QED) is 0.729. The molecule has 0 atom stereocenters. The second-order valence-corrected chi connectivity index (χ2v) is 7.42. The van der Waals surface area contributed by atoms with Gasteiger partial charge in [0.25, 0.3) is 15.0 Å². The lowest BCUT2D eigenvalue weighted by Crippen LogP contribution is -2.31. The zero-order valence-electron chi connectivity index (χ0n) is 11.0. The summed E-state index contributed by atoms with van der Waals surface area (Å²) in [6.07, 6.45) is 0.749. The van der Waals surface area contributed by atoms with Crippen LogP contribution in [0.4, 0.5) is 4.39 Å². The zero-order valence-corrected chi connectivity index (χ0v) is 14.1. The molecule has 0 fully saturated rings. The van der Waals surface area contributed by atoms with Crippen molar-refractivity contribution in [3.05, 3.63) is 28.0 Å². The van der Waals surface area contributed by atoms with Crippen LogP contribution in [-0.2, 0) is 9.05 Å². The Morgan fingerprint density at radius 2 is 2.00 bits per heavy atom. The average molecular weight is 387 g/mol. The SMILES string of the molecule is CCCN(CC)C(=O)c1cc(F)c(Br)c(S(=O)(=O)Cl)c1. The van der Waals surface area contributed by atoms with Crippen molar-refractivity contribution in [1.29, 1.82) is 0 Å². The van der Waals surface area contributed by atoms with Crippen LogP contribution in [0.3, 0.4) is 0 Å². The summed E-state index contributed by atoms with van der Waals surface area (Å²) in [6.45, 7) is 4.66. The van der Waals surface area contributed by atoms with Gasteiger partial charge in [-0.2, -0.15) is 0 Å². The molecule has 1 aromatic carbocycles. The summed E-state index contributed by atoms with van der Waals surface area (Å²) in [6, 6.07) is 2.08. The molecule has 0 aliphatic heterocycles. The van der Waals surface area contributed by atoms with Crippen molar-refractivity contribution >= 4 is 41.6 Å². The smallest absolute Gasteiger partial charge is 0.262 e. The summed E-state index contributed by atoms with van der Waals surface area (Å²) < 4.78 is 36.2. The molecule has 0 aliphatic rings. The normalized spacial score (nSPS) is 11.4. The van der Waals surface area contributed by atoms with E-state index in [1.54, 1.807) is 6.92 Å². The molecule has 0 aromatic heterocycles. The standard InChI is InChI=1S/C12H14BrClFNO3S/c1-3-5-16(4-2)12(17)8-6-9(15)11(13)10(7-8)20(14,18)19/h6-7H,3-5H2,1-2H3. The third kappa shape index (κ3) is 3.93. The van der Waals surface area contributed by atoms with Gasteiger partial charge in [0.15, 0.2) is 0 Å². The van der Waals surface area contributed by atoms with Gasteiger partial charge >= 0.3 is 0 Å². The van der Waals surface area contributed by atoms with E-state index in [4.69, 9.17) is 10.7 Å². The largest absolute Gasteiger partial charge is 0.339 e. The summed E-state index contributed by atoms with van der Waals surface area (Å²) >= 11 is 2.82. The number of carbonyl (C=O) groups excluding carboxylic acids is 1. The Hall–Kier alpha value is -0.660. The monoisotopic (exact) mass is 385 g/mol. The average Bonchev–Trinajstić information content (AvgIpc) is 2.36. The van der Waals surface area contributed by atoms with Crippen LogP contribution in [0.15, 0.2) is 21.5 Å². The summed E-state index contributed by atoms with van der Waals surface area (Å²) in [5.74, 6) is -1.27. The molecule has 0 heterocycles. The van der Waals surface area contributed by atoms with Crippen LogP contribution in [0.5, 0.6) is 0 Å². The molecule has 0 unspecified atom stereocenters. The first kappa shape index (κ1) is 17.4. The Bertz CT molecular complexity index is 621. The number of nitrogens with zero attached hydrogens (tertiary/aromatic N) is 1. The molecule has 0 saturated carbocycles. The van der Waals surface area contributed by atoms with E-state index < -0.39 is 25.7 Å². The van der Waals surface area contributed by atoms with Crippen LogP contribution in [0.25, 0.3) is 0 Å². The highest BCUT2D eigenvalue weighted by molar-refractivity contribution is 9.10. The van der Waals surface area contributed by atoms with Gasteiger partial charge in [-0.15, -0.1) is 0 Å². The van der Waals surface area contributed by atoms with Gasteiger partial charge in [-0.1, -0.05) is 6.92 Å². The molecule has 1 amide bonds. The van der Waals surface area contributed by atoms with Gasteiger partial charge in [0.2, 0.25) is 0 Å². The molecule has 0 bridgehead atoms. The number of benzene rings is 1. The molecular formula is C12H14BrClFNO3S. The Balaban J connectivity index is 3.34. The molecule has 8 heteroatoms. The Morgan fingerprint density at radius 3 is 2.45 bits per heavy atom. The highest BCUT2D eigenvalue weighted by Crippen LogP contribution is 2.29. The molecule has 20 heavy (non-hydrogen) atoms. The number of halogens is 3. The van der Waals surface area contributed by atoms with Crippen LogP contribution in [-0.4, -0.2) is 32.3 Å². The lowest BCUT2D eigenvalue weighted by molar-refractivity contribution is 0.0763. The molecule has 0 aliphatic carbocycles. The molecule has 1 rings (SSSR count). The second kappa shape index (κ2) is 6.87. The molecule has 0 radical (unpaired) electrons. The van der Waals surface area contributed by atoms with Crippen LogP contribution in [0.1, 0.15) is 30.6 Å². The van der Waals surface area contributed by atoms with Crippen LogP contribution in [0.2, 0.25) is 0 Å². The minimum atomic E-state index is -4.14. The lowest BCUT2D eigenvalue weighted by atomic mass is 10.2. The highest BCUT2D eigenvalue weighted by atomic mass is 79.9. The first-order valence-corrected chi connectivity index (χ1v) is 9.05. The van der Waals surface area contributed by atoms with Crippen molar-refractivity contribution in [2.75, 3.05) is 13.1 Å². The van der Waals surface area contributed by atoms with Crippen molar-refractivity contribution in [1.82, 2.24) is 4.90 Å². The first-order chi connectivity index (χ1) is 9.22. The van der Waals surface area contributed by atoms with E-state index in [-0.39, 0.29) is 10.0 Å². The van der Waals surface area contributed by atoms with Gasteiger partial charge in [0.1, 0.15) is 10.7 Å². The molecular weight excluding hydrogens is 373 g/mol. The molecule has 0 N–H and O–H groups in total. The summed E-state index contributed by atoms with van der Waals surface area (Å²) in [5, 5.41) is 0. The van der Waals surface area contributed by atoms with E-state index in [0.29, 0.717) is 13.1 Å². The van der Waals surface area contributed by atoms with E-state index in [2.05, 4.69) is 15.9 Å². The zero-order chi connectivity index (χ0) is 15.5. The van der Waals surface area contributed by atoms with E-state index >= 15 is 0 Å². The number of hydrogen-bond donors (Lipinski definition) is 0. The fourth-order valence-corrected chi connectivity index (χ4v) is 3.81. The second-order valence-electron chi connectivity index (χ2n) is 4.09. The number of carbonyl (C=O) groups is 1. The first-order valence-electron chi connectivity index (χ1n) is 5.95. The van der Waals surface area contributed by atoms with Gasteiger partial charge < -0.3 is 4.90 Å². The van der Waals surface area contributed by atoms with Gasteiger partial charge in [0, 0.05) is 29.3 Å². The number of rotatable bonds is 5. The highest BCUT2D eigenvalue weighted by Gasteiger charge is 2.23. The molecule has 4 nitrogen and oxygen atoms in total. The summed E-state index contributed by atoms with van der Waals surface area (Å²) in [4.78, 5) is 13.3. The number of amides is 1. The number of hydrogen-bond acceptors (Lipinski definition) is 3. The van der Waals surface area contributed by atoms with Gasteiger partial charge in [-0.05, 0) is 41.4 Å². The van der Waals surface area contributed by atoms with Crippen molar-refractivity contribution < 1.29 is 17.6 Å². The summed E-state index contributed by atoms with van der Waals surface area (Å²) in [7, 11) is 1.10. The van der Waals surface area contributed by atoms with Gasteiger partial charge in [0.05, 0.1) is 4.47 Å². The van der Waals surface area contributed by atoms with Gasteiger partial charge in [-0.3, -0.25) is 4.79 Å². The van der Waals surface area contributed by atoms with Gasteiger partial charge in [-0.25, -0.2) is 12.8 Å². The van der Waals surface area contributed by atoms with E-state index in [1.165, 1.54) is 4.90 Å². The van der Waals surface area contributed by atoms with Crippen LogP contribution >= 0.6 is 26.6 Å². The van der Waals surface area contributed by atoms with Crippen molar-refractivity contribution in [3.8, 4) is 0 Å². The maximum absolute atomic E-state index is 13.7. The Kier molecular flexibility index (Phi) is 5.97. The fourth-order valence-electron chi connectivity index (χ4n) is 1.72. The van der Waals surface area contributed by atoms with Crippen LogP contribution < -0.4 is 0 Å². The summed E-state index contributed by atoms with van der Waals surface area (Å²) in [5.41, 5.74) is -0.0415. The minimum absolute atomic E-state index is 0.0415. The molecule has 112 valence electrons. The van der Waals surface area contributed by atoms with Crippen molar-refractivity contribution in [2.24, 2.45) is 0 Å². The molecule has 1 aromatic rings. The lowest BCUT2D eigenvalue weighted by Gasteiger charge is -2.20.